The SMILES string of the molecule is C=C(C)C(=O)OC1(C)CC[S+](C(=O)CC)CC1. The molecule has 1 rings (SSSR count). The van der Waals surface area contributed by atoms with Crippen LogP contribution in [0.25, 0.3) is 0 Å². The summed E-state index contributed by atoms with van der Waals surface area (Å²) in [5.74, 6) is 1.38. The molecule has 0 N–H and O–H groups in total. The molecule has 0 aromatic rings. The molecule has 1 aliphatic rings. The first-order valence-corrected chi connectivity index (χ1v) is 7.53. The highest BCUT2D eigenvalue weighted by atomic mass is 32.2. The monoisotopic (exact) mass is 257 g/mol. The Balaban J connectivity index is 2.52. The molecule has 0 spiro atoms. The van der Waals surface area contributed by atoms with Gasteiger partial charge in [-0.15, -0.1) is 0 Å². The molecule has 1 fully saturated rings. The van der Waals surface area contributed by atoms with E-state index in [1.54, 1.807) is 6.92 Å². The molecular weight excluding hydrogens is 236 g/mol. The Morgan fingerprint density at radius 2 is 1.88 bits per heavy atom. The Kier molecular flexibility index (Phi) is 4.80. The van der Waals surface area contributed by atoms with Gasteiger partial charge in [-0.05, 0) is 13.8 Å². The minimum atomic E-state index is -0.409. The van der Waals surface area contributed by atoms with Crippen molar-refractivity contribution in [3.8, 4) is 0 Å². The van der Waals surface area contributed by atoms with Gasteiger partial charge in [-0.3, -0.25) is 0 Å². The van der Waals surface area contributed by atoms with Crippen molar-refractivity contribution in [1.82, 2.24) is 0 Å². The van der Waals surface area contributed by atoms with E-state index in [0.717, 1.165) is 24.3 Å². The minimum absolute atomic E-state index is 0.114. The normalized spacial score (nSPS) is 28.5. The Morgan fingerprint density at radius 1 is 1.35 bits per heavy atom. The van der Waals surface area contributed by atoms with Crippen LogP contribution in [-0.2, 0) is 25.2 Å². The Bertz CT molecular complexity index is 328. The fraction of sp³-hybridized carbons (Fsp3) is 0.692. The lowest BCUT2D eigenvalue weighted by Gasteiger charge is -2.32. The van der Waals surface area contributed by atoms with Gasteiger partial charge in [0.05, 0.1) is 17.3 Å². The van der Waals surface area contributed by atoms with Gasteiger partial charge < -0.3 is 4.74 Å². The standard InChI is InChI=1S/C13H21O3S/c1-5-11(14)17-8-6-13(4,7-9-17)16-12(15)10(2)3/h2,5-9H2,1,3-4H3/q+1. The largest absolute Gasteiger partial charge is 0.456 e. The fourth-order valence-corrected chi connectivity index (χ4v) is 4.17. The van der Waals surface area contributed by atoms with Crippen LogP contribution in [0.5, 0.6) is 0 Å². The van der Waals surface area contributed by atoms with Crippen molar-refractivity contribution >= 4 is 22.0 Å². The summed E-state index contributed by atoms with van der Waals surface area (Å²) in [5.41, 5.74) is 0.0218. The second kappa shape index (κ2) is 5.71. The fourth-order valence-electron chi connectivity index (χ4n) is 1.75. The van der Waals surface area contributed by atoms with Crippen LogP contribution in [0, 0.1) is 0 Å². The first-order chi connectivity index (χ1) is 7.88. The predicted octanol–water partition coefficient (Wildman–Crippen LogP) is 2.21. The number of hydrogen-bond donors (Lipinski definition) is 0. The molecule has 0 unspecified atom stereocenters. The molecule has 0 aliphatic carbocycles. The summed E-state index contributed by atoms with van der Waals surface area (Å²) in [6, 6.07) is 0. The van der Waals surface area contributed by atoms with Crippen molar-refractivity contribution < 1.29 is 14.3 Å². The number of hydrogen-bond acceptors (Lipinski definition) is 3. The Hall–Kier alpha value is -0.770. The summed E-state index contributed by atoms with van der Waals surface area (Å²) in [6.07, 6.45) is 2.17. The molecule has 1 heterocycles. The predicted molar refractivity (Wildman–Crippen MR) is 70.9 cm³/mol. The van der Waals surface area contributed by atoms with Crippen LogP contribution in [0.1, 0.15) is 40.0 Å². The number of carbonyl (C=O) groups is 2. The van der Waals surface area contributed by atoms with E-state index in [1.807, 2.05) is 13.8 Å². The van der Waals surface area contributed by atoms with Crippen molar-refractivity contribution in [2.45, 2.75) is 45.6 Å². The van der Waals surface area contributed by atoms with Crippen LogP contribution < -0.4 is 0 Å². The molecule has 0 aromatic heterocycles. The Labute approximate surface area is 106 Å². The quantitative estimate of drug-likeness (QED) is 0.442. The molecule has 1 aliphatic heterocycles. The van der Waals surface area contributed by atoms with Gasteiger partial charge in [0.1, 0.15) is 17.1 Å². The van der Waals surface area contributed by atoms with Gasteiger partial charge in [-0.2, -0.15) is 0 Å². The van der Waals surface area contributed by atoms with Gasteiger partial charge in [-0.25, -0.2) is 9.59 Å². The zero-order valence-electron chi connectivity index (χ0n) is 10.9. The molecule has 0 atom stereocenters. The number of carbonyl (C=O) groups excluding carboxylic acids is 2. The van der Waals surface area contributed by atoms with Crippen molar-refractivity contribution in [3.63, 3.8) is 0 Å². The van der Waals surface area contributed by atoms with E-state index in [-0.39, 0.29) is 16.9 Å². The second-order valence-electron chi connectivity index (χ2n) is 4.75. The second-order valence-corrected chi connectivity index (χ2v) is 7.00. The third-order valence-electron chi connectivity index (χ3n) is 3.05. The highest BCUT2D eigenvalue weighted by Gasteiger charge is 2.42. The molecule has 4 heteroatoms. The number of ether oxygens (including phenoxy) is 1. The van der Waals surface area contributed by atoms with Crippen LogP contribution in [0.2, 0.25) is 0 Å². The summed E-state index contributed by atoms with van der Waals surface area (Å²) in [5, 5.41) is 0.360. The van der Waals surface area contributed by atoms with E-state index >= 15 is 0 Å². The van der Waals surface area contributed by atoms with Crippen LogP contribution in [0.3, 0.4) is 0 Å². The van der Waals surface area contributed by atoms with Crippen molar-refractivity contribution in [1.29, 1.82) is 0 Å². The van der Waals surface area contributed by atoms with E-state index in [0.29, 0.717) is 17.1 Å². The lowest BCUT2D eigenvalue weighted by Crippen LogP contribution is -2.42. The molecule has 17 heavy (non-hydrogen) atoms. The molecule has 1 saturated heterocycles. The molecule has 96 valence electrons. The lowest BCUT2D eigenvalue weighted by atomic mass is 9.99. The highest BCUT2D eigenvalue weighted by molar-refractivity contribution is 8.10. The van der Waals surface area contributed by atoms with E-state index in [9.17, 15) is 9.59 Å². The zero-order chi connectivity index (χ0) is 13.1. The van der Waals surface area contributed by atoms with E-state index in [4.69, 9.17) is 4.74 Å². The van der Waals surface area contributed by atoms with E-state index < -0.39 is 5.60 Å². The smallest absolute Gasteiger partial charge is 0.333 e. The van der Waals surface area contributed by atoms with Crippen LogP contribution >= 0.6 is 0 Å². The van der Waals surface area contributed by atoms with Gasteiger partial charge in [0.2, 0.25) is 0 Å². The average Bonchev–Trinajstić information content (AvgIpc) is 2.28. The molecule has 0 aromatic carbocycles. The van der Waals surface area contributed by atoms with Gasteiger partial charge in [-0.1, -0.05) is 13.5 Å². The van der Waals surface area contributed by atoms with Gasteiger partial charge in [0.25, 0.3) is 0 Å². The summed E-state index contributed by atoms with van der Waals surface area (Å²) in [6.45, 7) is 9.09. The molecule has 0 radical (unpaired) electrons. The maximum Gasteiger partial charge on any atom is 0.333 e. The molecule has 0 bridgehead atoms. The van der Waals surface area contributed by atoms with Gasteiger partial charge in [0, 0.05) is 18.4 Å². The molecular formula is C13H21O3S+. The number of esters is 1. The van der Waals surface area contributed by atoms with Crippen molar-refractivity contribution in [2.75, 3.05) is 11.5 Å². The summed E-state index contributed by atoms with van der Waals surface area (Å²) >= 11 is 0. The molecule has 3 nitrogen and oxygen atoms in total. The first-order valence-electron chi connectivity index (χ1n) is 5.97. The van der Waals surface area contributed by atoms with Crippen LogP contribution in [0.15, 0.2) is 12.2 Å². The number of rotatable bonds is 3. The van der Waals surface area contributed by atoms with Crippen LogP contribution in [-0.4, -0.2) is 28.2 Å². The molecule has 0 amide bonds. The Morgan fingerprint density at radius 3 is 2.29 bits per heavy atom. The average molecular weight is 257 g/mol. The van der Waals surface area contributed by atoms with Gasteiger partial charge in [0.15, 0.2) is 0 Å². The van der Waals surface area contributed by atoms with E-state index in [2.05, 4.69) is 6.58 Å². The van der Waals surface area contributed by atoms with Crippen molar-refractivity contribution in [3.05, 3.63) is 12.2 Å². The lowest BCUT2D eigenvalue weighted by molar-refractivity contribution is -0.153. The third-order valence-corrected chi connectivity index (χ3v) is 5.38. The van der Waals surface area contributed by atoms with E-state index in [1.165, 1.54) is 0 Å². The van der Waals surface area contributed by atoms with Gasteiger partial charge >= 0.3 is 11.1 Å². The first kappa shape index (κ1) is 14.3. The zero-order valence-corrected chi connectivity index (χ0v) is 11.7. The molecule has 0 saturated carbocycles. The maximum absolute atomic E-state index is 11.6. The van der Waals surface area contributed by atoms with Crippen molar-refractivity contribution in [2.24, 2.45) is 0 Å². The summed E-state index contributed by atoms with van der Waals surface area (Å²) in [7, 11) is -0.114. The minimum Gasteiger partial charge on any atom is -0.456 e. The maximum atomic E-state index is 11.6. The third kappa shape index (κ3) is 3.87. The van der Waals surface area contributed by atoms with Crippen LogP contribution in [0.4, 0.5) is 0 Å². The highest BCUT2D eigenvalue weighted by Crippen LogP contribution is 2.29. The topological polar surface area (TPSA) is 43.4 Å². The summed E-state index contributed by atoms with van der Waals surface area (Å²) < 4.78 is 5.46. The summed E-state index contributed by atoms with van der Waals surface area (Å²) in [4.78, 5) is 23.1.